The van der Waals surface area contributed by atoms with E-state index in [2.05, 4.69) is 21.4 Å². The Morgan fingerprint density at radius 3 is 2.71 bits per heavy atom. The summed E-state index contributed by atoms with van der Waals surface area (Å²) in [5, 5.41) is 12.6. The van der Waals surface area contributed by atoms with Crippen molar-refractivity contribution in [1.29, 1.82) is 5.26 Å². The average Bonchev–Trinajstić information content (AvgIpc) is 2.89. The van der Waals surface area contributed by atoms with Crippen LogP contribution in [0.2, 0.25) is 0 Å². The molecule has 0 spiro atoms. The second kappa shape index (κ2) is 8.39. The summed E-state index contributed by atoms with van der Waals surface area (Å²) < 4.78 is 6.12. The van der Waals surface area contributed by atoms with Gasteiger partial charge in [-0.3, -0.25) is 4.79 Å². The van der Waals surface area contributed by atoms with E-state index in [0.29, 0.717) is 34.9 Å². The number of nitrogens with one attached hydrogen (secondary N) is 1. The molecule has 1 aromatic heterocycles. The fourth-order valence-electron chi connectivity index (χ4n) is 3.92. The second-order valence-electron chi connectivity index (χ2n) is 7.54. The van der Waals surface area contributed by atoms with Crippen LogP contribution in [-0.4, -0.2) is 21.9 Å². The molecule has 28 heavy (non-hydrogen) atoms. The molecule has 144 valence electrons. The molecule has 0 radical (unpaired) electrons. The molecule has 4 rings (SSSR count). The molecule has 1 heterocycles. The number of fused-ring (bicyclic) bond motifs is 1. The van der Waals surface area contributed by atoms with Gasteiger partial charge in [0.2, 0.25) is 5.95 Å². The van der Waals surface area contributed by atoms with Gasteiger partial charge in [-0.2, -0.15) is 5.26 Å². The summed E-state index contributed by atoms with van der Waals surface area (Å²) in [5.74, 6) is 1.25. The van der Waals surface area contributed by atoms with Gasteiger partial charge in [0.25, 0.3) is 0 Å². The molecule has 0 bridgehead atoms. The van der Waals surface area contributed by atoms with Crippen LogP contribution >= 0.6 is 0 Å². The van der Waals surface area contributed by atoms with Gasteiger partial charge in [0.1, 0.15) is 5.75 Å². The van der Waals surface area contributed by atoms with Crippen molar-refractivity contribution in [1.82, 2.24) is 9.97 Å². The van der Waals surface area contributed by atoms with Gasteiger partial charge in [-0.05, 0) is 57.1 Å². The number of benzene rings is 1. The highest BCUT2D eigenvalue weighted by Gasteiger charge is 2.19. The molecule has 1 aromatic carbocycles. The van der Waals surface area contributed by atoms with Crippen molar-refractivity contribution in [3.8, 4) is 11.8 Å². The first-order valence-electron chi connectivity index (χ1n) is 10.1. The maximum Gasteiger partial charge on any atom is 0.227 e. The number of rotatable bonds is 4. The van der Waals surface area contributed by atoms with E-state index in [9.17, 15) is 10.1 Å². The Bertz CT molecular complexity index is 913. The minimum atomic E-state index is 0.119. The standard InChI is InChI=1S/C22H24N4O2/c23-13-15-10-16(12-18(11-15)28-17-6-2-1-3-7-17)25-22-24-14-19-20(26-22)8-4-5-9-21(19)27/h10-12,14,17H,1-9H2,(H,24,25,26). The predicted octanol–water partition coefficient (Wildman–Crippen LogP) is 4.71. The van der Waals surface area contributed by atoms with Crippen LogP contribution in [0.5, 0.6) is 5.75 Å². The largest absolute Gasteiger partial charge is 0.490 e. The molecule has 6 heteroatoms. The van der Waals surface area contributed by atoms with Gasteiger partial charge in [-0.1, -0.05) is 6.42 Å². The highest BCUT2D eigenvalue weighted by Crippen LogP contribution is 2.28. The van der Waals surface area contributed by atoms with E-state index >= 15 is 0 Å². The molecule has 0 atom stereocenters. The number of anilines is 2. The van der Waals surface area contributed by atoms with E-state index < -0.39 is 0 Å². The van der Waals surface area contributed by atoms with Crippen LogP contribution < -0.4 is 10.1 Å². The number of carbonyl (C=O) groups excluding carboxylic acids is 1. The van der Waals surface area contributed by atoms with Crippen LogP contribution in [0.4, 0.5) is 11.6 Å². The molecular formula is C22H24N4O2. The molecule has 2 aliphatic carbocycles. The summed E-state index contributed by atoms with van der Waals surface area (Å²) in [5.41, 5.74) is 2.68. The summed E-state index contributed by atoms with van der Waals surface area (Å²) in [6, 6.07) is 7.61. The van der Waals surface area contributed by atoms with E-state index in [1.807, 2.05) is 6.07 Å². The summed E-state index contributed by atoms with van der Waals surface area (Å²) >= 11 is 0. The smallest absolute Gasteiger partial charge is 0.227 e. The van der Waals surface area contributed by atoms with E-state index in [1.165, 1.54) is 19.3 Å². The first kappa shape index (κ1) is 18.4. The predicted molar refractivity (Wildman–Crippen MR) is 106 cm³/mol. The SMILES string of the molecule is N#Cc1cc(Nc2ncc3c(n2)CCCCC3=O)cc(OC2CCCCC2)c1. The molecule has 0 unspecified atom stereocenters. The molecule has 0 aliphatic heterocycles. The van der Waals surface area contributed by atoms with Crippen molar-refractivity contribution in [3.05, 3.63) is 41.2 Å². The lowest BCUT2D eigenvalue weighted by atomic mass is 9.98. The quantitative estimate of drug-likeness (QED) is 0.777. The number of nitrogens with zero attached hydrogens (tertiary/aromatic N) is 3. The third-order valence-electron chi connectivity index (χ3n) is 5.38. The molecule has 0 saturated heterocycles. The number of aryl methyl sites for hydroxylation is 1. The van der Waals surface area contributed by atoms with Gasteiger partial charge in [0, 0.05) is 24.4 Å². The Morgan fingerprint density at radius 2 is 1.89 bits per heavy atom. The summed E-state index contributed by atoms with van der Waals surface area (Å²) in [6.45, 7) is 0. The zero-order chi connectivity index (χ0) is 19.3. The zero-order valence-electron chi connectivity index (χ0n) is 15.9. The Labute approximate surface area is 165 Å². The minimum absolute atomic E-state index is 0.119. The topological polar surface area (TPSA) is 87.9 Å². The maximum atomic E-state index is 12.1. The van der Waals surface area contributed by atoms with Crippen molar-refractivity contribution in [3.63, 3.8) is 0 Å². The third kappa shape index (κ3) is 4.30. The van der Waals surface area contributed by atoms with Crippen LogP contribution in [0, 0.1) is 11.3 Å². The van der Waals surface area contributed by atoms with Crippen LogP contribution in [0.1, 0.15) is 73.0 Å². The molecule has 1 N–H and O–H groups in total. The van der Waals surface area contributed by atoms with Crippen molar-refractivity contribution < 1.29 is 9.53 Å². The number of Topliss-reactive ketones (excluding diaryl/α,β-unsaturated/α-hetero) is 1. The molecule has 1 fully saturated rings. The summed E-state index contributed by atoms with van der Waals surface area (Å²) in [4.78, 5) is 21.0. The zero-order valence-corrected chi connectivity index (χ0v) is 15.9. The van der Waals surface area contributed by atoms with Crippen LogP contribution in [0.25, 0.3) is 0 Å². The minimum Gasteiger partial charge on any atom is -0.490 e. The Morgan fingerprint density at radius 1 is 1.07 bits per heavy atom. The van der Waals surface area contributed by atoms with Crippen LogP contribution in [0.15, 0.2) is 24.4 Å². The number of nitriles is 1. The lowest BCUT2D eigenvalue weighted by Gasteiger charge is -2.23. The molecule has 0 amide bonds. The molecule has 1 saturated carbocycles. The second-order valence-corrected chi connectivity index (χ2v) is 7.54. The first-order valence-corrected chi connectivity index (χ1v) is 10.1. The normalized spacial score (nSPS) is 17.3. The molecule has 6 nitrogen and oxygen atoms in total. The molecular weight excluding hydrogens is 352 g/mol. The summed E-state index contributed by atoms with van der Waals surface area (Å²) in [7, 11) is 0. The van der Waals surface area contributed by atoms with Crippen molar-refractivity contribution >= 4 is 17.4 Å². The van der Waals surface area contributed by atoms with E-state index in [0.717, 1.165) is 37.8 Å². The number of ketones is 1. The van der Waals surface area contributed by atoms with Gasteiger partial charge in [0.15, 0.2) is 5.78 Å². The number of hydrogen-bond donors (Lipinski definition) is 1. The highest BCUT2D eigenvalue weighted by molar-refractivity contribution is 5.97. The van der Waals surface area contributed by atoms with Crippen LogP contribution in [-0.2, 0) is 6.42 Å². The van der Waals surface area contributed by atoms with E-state index in [4.69, 9.17) is 4.74 Å². The van der Waals surface area contributed by atoms with Gasteiger partial charge in [0.05, 0.1) is 29.0 Å². The summed E-state index contributed by atoms with van der Waals surface area (Å²) in [6.07, 6.45) is 10.8. The first-order chi connectivity index (χ1) is 13.7. The average molecular weight is 376 g/mol. The van der Waals surface area contributed by atoms with Crippen molar-refractivity contribution in [2.24, 2.45) is 0 Å². The highest BCUT2D eigenvalue weighted by atomic mass is 16.5. The van der Waals surface area contributed by atoms with E-state index in [-0.39, 0.29) is 11.9 Å². The van der Waals surface area contributed by atoms with Crippen molar-refractivity contribution in [2.75, 3.05) is 5.32 Å². The van der Waals surface area contributed by atoms with Gasteiger partial charge in [-0.25, -0.2) is 9.97 Å². The van der Waals surface area contributed by atoms with Crippen LogP contribution in [0.3, 0.4) is 0 Å². The number of ether oxygens (including phenoxy) is 1. The Hall–Kier alpha value is -2.94. The monoisotopic (exact) mass is 376 g/mol. The Kier molecular flexibility index (Phi) is 5.52. The maximum absolute atomic E-state index is 12.1. The van der Waals surface area contributed by atoms with E-state index in [1.54, 1.807) is 18.3 Å². The molecule has 2 aromatic rings. The number of aromatic nitrogens is 2. The third-order valence-corrected chi connectivity index (χ3v) is 5.38. The van der Waals surface area contributed by atoms with Crippen molar-refractivity contribution in [2.45, 2.75) is 63.9 Å². The van der Waals surface area contributed by atoms with Gasteiger partial charge >= 0.3 is 0 Å². The number of hydrogen-bond acceptors (Lipinski definition) is 6. The van der Waals surface area contributed by atoms with Gasteiger partial charge < -0.3 is 10.1 Å². The Balaban J connectivity index is 1.55. The fourth-order valence-corrected chi connectivity index (χ4v) is 3.92. The fraction of sp³-hybridized carbons (Fsp3) is 0.455. The number of carbonyl (C=O) groups is 1. The van der Waals surface area contributed by atoms with Gasteiger partial charge in [-0.15, -0.1) is 0 Å². The lowest BCUT2D eigenvalue weighted by molar-refractivity contribution is 0.0981. The lowest BCUT2D eigenvalue weighted by Crippen LogP contribution is -2.19. The molecule has 2 aliphatic rings.